The Morgan fingerprint density at radius 3 is 2.58 bits per heavy atom. The molecule has 3 heteroatoms. The van der Waals surface area contributed by atoms with Gasteiger partial charge in [-0.15, -0.1) is 0 Å². The molecule has 1 aromatic heterocycles. The quantitative estimate of drug-likeness (QED) is 0.657. The van der Waals surface area contributed by atoms with Gasteiger partial charge in [-0.2, -0.15) is 0 Å². The van der Waals surface area contributed by atoms with E-state index >= 15 is 0 Å². The summed E-state index contributed by atoms with van der Waals surface area (Å²) in [7, 11) is 1.78. The van der Waals surface area contributed by atoms with Gasteiger partial charge in [-0.25, -0.2) is 0 Å². The van der Waals surface area contributed by atoms with Crippen LogP contribution in [-0.4, -0.2) is 29.4 Å². The van der Waals surface area contributed by atoms with Gasteiger partial charge in [0.15, 0.2) is 0 Å². The Labute approximate surface area is 72.0 Å². The van der Waals surface area contributed by atoms with Crippen LogP contribution in [0.1, 0.15) is 17.3 Å². The van der Waals surface area contributed by atoms with Gasteiger partial charge >= 0.3 is 0 Å². The summed E-state index contributed by atoms with van der Waals surface area (Å²) in [5, 5.41) is 0. The molecule has 0 bridgehead atoms. The van der Waals surface area contributed by atoms with Gasteiger partial charge in [0.05, 0.1) is 0 Å². The van der Waals surface area contributed by atoms with Crippen molar-refractivity contribution >= 4 is 5.91 Å². The molecule has 0 saturated heterocycles. The normalized spacial score (nSPS) is 9.50. The molecule has 1 amide bonds. The molecule has 0 aliphatic rings. The predicted octanol–water partition coefficient (Wildman–Crippen LogP) is 1.17. The second-order valence-electron chi connectivity index (χ2n) is 2.56. The first-order chi connectivity index (χ1) is 5.75. The lowest BCUT2D eigenvalue weighted by Gasteiger charge is -2.13. The lowest BCUT2D eigenvalue weighted by molar-refractivity contribution is 0.0802. The molecular weight excluding hydrogens is 152 g/mol. The van der Waals surface area contributed by atoms with Crippen LogP contribution in [0.2, 0.25) is 0 Å². The van der Waals surface area contributed by atoms with Gasteiger partial charge in [-0.05, 0) is 19.1 Å². The predicted molar refractivity (Wildman–Crippen MR) is 46.9 cm³/mol. The average Bonchev–Trinajstić information content (AvgIpc) is 2.17. The number of aromatic nitrogens is 1. The van der Waals surface area contributed by atoms with Crippen molar-refractivity contribution in [1.29, 1.82) is 0 Å². The summed E-state index contributed by atoms with van der Waals surface area (Å²) in [6.45, 7) is 2.67. The van der Waals surface area contributed by atoms with E-state index in [2.05, 4.69) is 4.98 Å². The summed E-state index contributed by atoms with van der Waals surface area (Å²) in [5.74, 6) is 0.0416. The lowest BCUT2D eigenvalue weighted by Crippen LogP contribution is -2.26. The molecule has 0 fully saturated rings. The second kappa shape index (κ2) is 3.85. The molecule has 0 spiro atoms. The summed E-state index contributed by atoms with van der Waals surface area (Å²) in [6, 6.07) is 3.43. The summed E-state index contributed by atoms with van der Waals surface area (Å²) in [4.78, 5) is 17.0. The van der Waals surface area contributed by atoms with Crippen molar-refractivity contribution in [3.05, 3.63) is 30.1 Å². The SMILES string of the molecule is CCN(C)C(=O)c1ccncc1. The smallest absolute Gasteiger partial charge is 0.253 e. The van der Waals surface area contributed by atoms with Gasteiger partial charge in [0, 0.05) is 31.5 Å². The fourth-order valence-corrected chi connectivity index (χ4v) is 0.858. The molecule has 0 aliphatic carbocycles. The van der Waals surface area contributed by atoms with Gasteiger partial charge in [0.2, 0.25) is 0 Å². The number of carbonyl (C=O) groups is 1. The Balaban J connectivity index is 2.79. The van der Waals surface area contributed by atoms with Crippen LogP contribution >= 0.6 is 0 Å². The van der Waals surface area contributed by atoms with Crippen molar-refractivity contribution in [2.24, 2.45) is 0 Å². The average molecular weight is 164 g/mol. The number of amides is 1. The number of nitrogens with zero attached hydrogens (tertiary/aromatic N) is 2. The van der Waals surface area contributed by atoms with E-state index < -0.39 is 0 Å². The molecule has 0 atom stereocenters. The Morgan fingerprint density at radius 1 is 1.50 bits per heavy atom. The monoisotopic (exact) mass is 164 g/mol. The highest BCUT2D eigenvalue weighted by Crippen LogP contribution is 2.00. The Kier molecular flexibility index (Phi) is 2.80. The van der Waals surface area contributed by atoms with E-state index in [1.807, 2.05) is 6.92 Å². The second-order valence-corrected chi connectivity index (χ2v) is 2.56. The van der Waals surface area contributed by atoms with Crippen LogP contribution in [0.3, 0.4) is 0 Å². The fraction of sp³-hybridized carbons (Fsp3) is 0.333. The van der Waals surface area contributed by atoms with Crippen molar-refractivity contribution in [3.63, 3.8) is 0 Å². The number of pyridine rings is 1. The first kappa shape index (κ1) is 8.71. The van der Waals surface area contributed by atoms with E-state index in [0.717, 1.165) is 6.54 Å². The first-order valence-corrected chi connectivity index (χ1v) is 3.91. The third-order valence-corrected chi connectivity index (χ3v) is 1.75. The lowest BCUT2D eigenvalue weighted by atomic mass is 10.2. The van der Waals surface area contributed by atoms with Gasteiger partial charge in [0.25, 0.3) is 5.91 Å². The molecule has 3 nitrogen and oxygen atoms in total. The zero-order chi connectivity index (χ0) is 8.97. The summed E-state index contributed by atoms with van der Waals surface area (Å²) in [5.41, 5.74) is 0.689. The van der Waals surface area contributed by atoms with E-state index in [9.17, 15) is 4.79 Å². The van der Waals surface area contributed by atoms with Crippen LogP contribution < -0.4 is 0 Å². The number of carbonyl (C=O) groups excluding carboxylic acids is 1. The highest BCUT2D eigenvalue weighted by Gasteiger charge is 2.07. The third-order valence-electron chi connectivity index (χ3n) is 1.75. The zero-order valence-electron chi connectivity index (χ0n) is 7.32. The van der Waals surface area contributed by atoms with Crippen molar-refractivity contribution in [2.75, 3.05) is 13.6 Å². The minimum Gasteiger partial charge on any atom is -0.342 e. The highest BCUT2D eigenvalue weighted by atomic mass is 16.2. The van der Waals surface area contributed by atoms with Crippen LogP contribution in [0, 0.1) is 0 Å². The van der Waals surface area contributed by atoms with Crippen molar-refractivity contribution < 1.29 is 4.79 Å². The molecule has 0 radical (unpaired) electrons. The van der Waals surface area contributed by atoms with E-state index in [4.69, 9.17) is 0 Å². The Morgan fingerprint density at radius 2 is 2.08 bits per heavy atom. The number of rotatable bonds is 2. The fourth-order valence-electron chi connectivity index (χ4n) is 0.858. The summed E-state index contributed by atoms with van der Waals surface area (Å²) in [6.07, 6.45) is 3.24. The van der Waals surface area contributed by atoms with E-state index in [1.165, 1.54) is 0 Å². The van der Waals surface area contributed by atoms with Crippen molar-refractivity contribution in [2.45, 2.75) is 6.92 Å². The number of hydrogen-bond donors (Lipinski definition) is 0. The zero-order valence-corrected chi connectivity index (χ0v) is 7.32. The molecule has 0 aliphatic heterocycles. The molecule has 0 saturated carbocycles. The van der Waals surface area contributed by atoms with Gasteiger partial charge in [0.1, 0.15) is 0 Å². The van der Waals surface area contributed by atoms with Gasteiger partial charge in [-0.3, -0.25) is 9.78 Å². The number of hydrogen-bond acceptors (Lipinski definition) is 2. The standard InChI is InChI=1S/C9H12N2O/c1-3-11(2)9(12)8-4-6-10-7-5-8/h4-7H,3H2,1-2H3. The maximum atomic E-state index is 11.5. The van der Waals surface area contributed by atoms with Crippen LogP contribution in [-0.2, 0) is 0 Å². The van der Waals surface area contributed by atoms with E-state index in [0.29, 0.717) is 5.56 Å². The molecule has 1 aromatic rings. The molecule has 0 unspecified atom stereocenters. The molecule has 0 aromatic carbocycles. The highest BCUT2D eigenvalue weighted by molar-refractivity contribution is 5.93. The van der Waals surface area contributed by atoms with E-state index in [-0.39, 0.29) is 5.91 Å². The molecule has 1 heterocycles. The van der Waals surface area contributed by atoms with Gasteiger partial charge < -0.3 is 4.90 Å². The maximum absolute atomic E-state index is 11.5. The van der Waals surface area contributed by atoms with E-state index in [1.54, 1.807) is 36.5 Å². The third kappa shape index (κ3) is 1.81. The first-order valence-electron chi connectivity index (χ1n) is 3.91. The van der Waals surface area contributed by atoms with Crippen LogP contribution in [0.5, 0.6) is 0 Å². The topological polar surface area (TPSA) is 33.2 Å². The Bertz CT molecular complexity index is 258. The largest absolute Gasteiger partial charge is 0.342 e. The molecule has 64 valence electrons. The molecular formula is C9H12N2O. The van der Waals surface area contributed by atoms with Gasteiger partial charge in [-0.1, -0.05) is 0 Å². The molecule has 0 N–H and O–H groups in total. The van der Waals surface area contributed by atoms with Crippen molar-refractivity contribution in [1.82, 2.24) is 9.88 Å². The minimum atomic E-state index is 0.0416. The Hall–Kier alpha value is -1.38. The van der Waals surface area contributed by atoms with Crippen LogP contribution in [0.4, 0.5) is 0 Å². The van der Waals surface area contributed by atoms with Crippen molar-refractivity contribution in [3.8, 4) is 0 Å². The molecule has 12 heavy (non-hydrogen) atoms. The minimum absolute atomic E-state index is 0.0416. The molecule has 1 rings (SSSR count). The summed E-state index contributed by atoms with van der Waals surface area (Å²) >= 11 is 0. The van der Waals surface area contributed by atoms with Crippen LogP contribution in [0.15, 0.2) is 24.5 Å². The summed E-state index contributed by atoms with van der Waals surface area (Å²) < 4.78 is 0. The van der Waals surface area contributed by atoms with Crippen LogP contribution in [0.25, 0.3) is 0 Å². The maximum Gasteiger partial charge on any atom is 0.253 e.